The predicted octanol–water partition coefficient (Wildman–Crippen LogP) is 4.93. The summed E-state index contributed by atoms with van der Waals surface area (Å²) in [6.45, 7) is 0. The van der Waals surface area contributed by atoms with Crippen LogP contribution in [0.5, 0.6) is 0 Å². The molecule has 3 aromatic carbocycles. The largest absolute Gasteiger partial charge is 0.468 e. The molecule has 0 amide bonds. The second kappa shape index (κ2) is 8.83. The molecule has 0 bridgehead atoms. The Kier molecular flexibility index (Phi) is 5.71. The van der Waals surface area contributed by atoms with E-state index in [2.05, 4.69) is 4.98 Å². The third-order valence-electron chi connectivity index (χ3n) is 6.02. The SMILES string of the molecule is COC(=O)C1=C(c2ccccc2)S[C@](c2ccccc2)(c2nc3ccccc3[nH]2)[C@@H]1C(=O)OC. The third kappa shape index (κ3) is 3.40. The van der Waals surface area contributed by atoms with Gasteiger partial charge < -0.3 is 14.5 Å². The highest BCUT2D eigenvalue weighted by molar-refractivity contribution is 8.09. The number of methoxy groups -OCH3 is 2. The molecule has 7 heteroatoms. The predicted molar refractivity (Wildman–Crippen MR) is 132 cm³/mol. The number of aromatic nitrogens is 2. The first-order valence-electron chi connectivity index (χ1n) is 10.8. The fourth-order valence-electron chi connectivity index (χ4n) is 4.50. The van der Waals surface area contributed by atoms with E-state index in [-0.39, 0.29) is 5.57 Å². The minimum atomic E-state index is -1.08. The van der Waals surface area contributed by atoms with Gasteiger partial charge in [-0.15, -0.1) is 11.8 Å². The summed E-state index contributed by atoms with van der Waals surface area (Å²) in [6, 6.07) is 26.8. The molecule has 2 heterocycles. The van der Waals surface area contributed by atoms with Crippen LogP contribution in [0.25, 0.3) is 15.9 Å². The maximum Gasteiger partial charge on any atom is 0.335 e. The molecule has 4 aromatic rings. The van der Waals surface area contributed by atoms with E-state index in [4.69, 9.17) is 14.5 Å². The van der Waals surface area contributed by atoms with Crippen LogP contribution in [-0.4, -0.2) is 36.1 Å². The number of thioether (sulfide) groups is 1. The van der Waals surface area contributed by atoms with Crippen molar-refractivity contribution in [2.75, 3.05) is 14.2 Å². The standard InChI is InChI=1S/C27H22N2O4S/c1-32-24(30)21-22(25(31)33-2)27(18-13-7-4-8-14-18,34-23(21)17-11-5-3-6-12-17)26-28-19-15-9-10-16-20(19)29-26/h3-16,22H,1-2H3,(H,28,29)/t22-,27-/m0/s1. The number of carbonyl (C=O) groups excluding carboxylic acids is 2. The van der Waals surface area contributed by atoms with Crippen LogP contribution in [0.3, 0.4) is 0 Å². The van der Waals surface area contributed by atoms with E-state index < -0.39 is 22.6 Å². The van der Waals surface area contributed by atoms with Crippen molar-refractivity contribution in [1.82, 2.24) is 9.97 Å². The fraction of sp³-hybridized carbons (Fsp3) is 0.148. The Balaban J connectivity index is 1.85. The summed E-state index contributed by atoms with van der Waals surface area (Å²) in [7, 11) is 2.65. The Morgan fingerprint density at radius 2 is 1.53 bits per heavy atom. The molecular formula is C27H22N2O4S. The molecule has 6 nitrogen and oxygen atoms in total. The zero-order valence-electron chi connectivity index (χ0n) is 18.6. The molecule has 5 rings (SSSR count). The summed E-state index contributed by atoms with van der Waals surface area (Å²) < 4.78 is 9.38. The molecule has 2 atom stereocenters. The van der Waals surface area contributed by atoms with Crippen molar-refractivity contribution in [3.8, 4) is 0 Å². The number of H-pyrrole nitrogens is 1. The molecule has 170 valence electrons. The average molecular weight is 471 g/mol. The topological polar surface area (TPSA) is 81.3 Å². The molecule has 1 aliphatic rings. The van der Waals surface area contributed by atoms with Crippen molar-refractivity contribution >= 4 is 39.6 Å². The van der Waals surface area contributed by atoms with Crippen LogP contribution in [0, 0.1) is 5.92 Å². The quantitative estimate of drug-likeness (QED) is 0.417. The van der Waals surface area contributed by atoms with Gasteiger partial charge in [0.1, 0.15) is 16.5 Å². The molecule has 1 aromatic heterocycles. The Hall–Kier alpha value is -3.84. The van der Waals surface area contributed by atoms with Crippen molar-refractivity contribution in [2.24, 2.45) is 5.92 Å². The minimum absolute atomic E-state index is 0.259. The summed E-state index contributed by atoms with van der Waals surface area (Å²) in [6.07, 6.45) is 0. The molecule has 0 spiro atoms. The van der Waals surface area contributed by atoms with Gasteiger partial charge in [-0.05, 0) is 23.3 Å². The summed E-state index contributed by atoms with van der Waals surface area (Å²) >= 11 is 1.42. The van der Waals surface area contributed by atoms with Crippen molar-refractivity contribution in [3.63, 3.8) is 0 Å². The highest BCUT2D eigenvalue weighted by Gasteiger charge is 2.59. The highest BCUT2D eigenvalue weighted by Crippen LogP contribution is 2.62. The fourth-order valence-corrected chi connectivity index (χ4v) is 6.16. The van der Waals surface area contributed by atoms with Gasteiger partial charge in [0.25, 0.3) is 0 Å². The van der Waals surface area contributed by atoms with Crippen molar-refractivity contribution in [3.05, 3.63) is 107 Å². The van der Waals surface area contributed by atoms with Crippen LogP contribution < -0.4 is 0 Å². The first kappa shape index (κ1) is 22.0. The number of nitrogens with zero attached hydrogens (tertiary/aromatic N) is 1. The molecule has 0 saturated heterocycles. The third-order valence-corrected chi connectivity index (χ3v) is 7.67. The number of hydrogen-bond acceptors (Lipinski definition) is 6. The van der Waals surface area contributed by atoms with E-state index in [1.807, 2.05) is 84.9 Å². The van der Waals surface area contributed by atoms with E-state index in [0.717, 1.165) is 22.2 Å². The van der Waals surface area contributed by atoms with Gasteiger partial charge in [0.05, 0.1) is 30.8 Å². The summed E-state index contributed by atoms with van der Waals surface area (Å²) in [5, 5.41) is 0. The van der Waals surface area contributed by atoms with Gasteiger partial charge in [0.15, 0.2) is 0 Å². The van der Waals surface area contributed by atoms with Crippen LogP contribution in [0.1, 0.15) is 17.0 Å². The van der Waals surface area contributed by atoms with E-state index in [9.17, 15) is 9.59 Å². The molecule has 0 unspecified atom stereocenters. The summed E-state index contributed by atoms with van der Waals surface area (Å²) in [5.41, 5.74) is 3.50. The molecule has 0 radical (unpaired) electrons. The van der Waals surface area contributed by atoms with Crippen molar-refractivity contribution < 1.29 is 19.1 Å². The number of rotatable bonds is 5. The van der Waals surface area contributed by atoms with E-state index in [0.29, 0.717) is 10.7 Å². The van der Waals surface area contributed by atoms with E-state index >= 15 is 0 Å². The lowest BCUT2D eigenvalue weighted by Crippen LogP contribution is -2.39. The number of esters is 2. The van der Waals surface area contributed by atoms with Crippen LogP contribution in [0.2, 0.25) is 0 Å². The summed E-state index contributed by atoms with van der Waals surface area (Å²) in [5.74, 6) is -1.54. The molecule has 1 N–H and O–H groups in total. The number of carbonyl (C=O) groups is 2. The van der Waals surface area contributed by atoms with Gasteiger partial charge in [-0.2, -0.15) is 0 Å². The van der Waals surface area contributed by atoms with Crippen molar-refractivity contribution in [1.29, 1.82) is 0 Å². The van der Waals surface area contributed by atoms with Gasteiger partial charge in [-0.3, -0.25) is 4.79 Å². The Labute approximate surface area is 201 Å². The first-order chi connectivity index (χ1) is 16.6. The maximum atomic E-state index is 13.5. The number of benzene rings is 3. The lowest BCUT2D eigenvalue weighted by atomic mass is 9.79. The molecular weight excluding hydrogens is 448 g/mol. The average Bonchev–Trinajstić information content (AvgIpc) is 3.49. The number of aromatic amines is 1. The normalized spacial score (nSPS) is 19.9. The zero-order valence-corrected chi connectivity index (χ0v) is 19.5. The summed E-state index contributed by atoms with van der Waals surface area (Å²) in [4.78, 5) is 35.7. The van der Waals surface area contributed by atoms with Crippen molar-refractivity contribution in [2.45, 2.75) is 4.75 Å². The number of ether oxygens (including phenoxy) is 2. The molecule has 1 aliphatic heterocycles. The smallest absolute Gasteiger partial charge is 0.335 e. The van der Waals surface area contributed by atoms with E-state index in [1.54, 1.807) is 0 Å². The van der Waals surface area contributed by atoms with E-state index in [1.165, 1.54) is 26.0 Å². The Bertz CT molecular complexity index is 1360. The number of hydrogen-bond donors (Lipinski definition) is 1. The number of imidazole rings is 1. The van der Waals surface area contributed by atoms with Crippen LogP contribution in [0.4, 0.5) is 0 Å². The molecule has 0 fully saturated rings. The zero-order chi connectivity index (χ0) is 23.7. The minimum Gasteiger partial charge on any atom is -0.468 e. The van der Waals surface area contributed by atoms with Gasteiger partial charge in [-0.25, -0.2) is 9.78 Å². The molecule has 34 heavy (non-hydrogen) atoms. The van der Waals surface area contributed by atoms with Gasteiger partial charge in [-0.1, -0.05) is 72.8 Å². The second-order valence-corrected chi connectivity index (χ2v) is 9.12. The Morgan fingerprint density at radius 1 is 0.882 bits per heavy atom. The second-order valence-electron chi connectivity index (χ2n) is 7.86. The van der Waals surface area contributed by atoms with Crippen LogP contribution in [0.15, 0.2) is 90.5 Å². The van der Waals surface area contributed by atoms with Gasteiger partial charge in [0, 0.05) is 4.91 Å². The monoisotopic (exact) mass is 470 g/mol. The molecule has 0 saturated carbocycles. The number of para-hydroxylation sites is 2. The first-order valence-corrected chi connectivity index (χ1v) is 11.6. The lowest BCUT2D eigenvalue weighted by Gasteiger charge is -2.33. The van der Waals surface area contributed by atoms with Gasteiger partial charge >= 0.3 is 11.9 Å². The molecule has 0 aliphatic carbocycles. The maximum absolute atomic E-state index is 13.5. The lowest BCUT2D eigenvalue weighted by molar-refractivity contribution is -0.148. The highest BCUT2D eigenvalue weighted by atomic mass is 32.2. The van der Waals surface area contributed by atoms with Crippen LogP contribution in [-0.2, 0) is 23.8 Å². The number of nitrogens with one attached hydrogen (secondary N) is 1. The van der Waals surface area contributed by atoms with Crippen LogP contribution >= 0.6 is 11.8 Å². The van der Waals surface area contributed by atoms with Gasteiger partial charge in [0.2, 0.25) is 0 Å². The number of fused-ring (bicyclic) bond motifs is 1. The Morgan fingerprint density at radius 3 is 2.18 bits per heavy atom.